The van der Waals surface area contributed by atoms with E-state index in [0.29, 0.717) is 23.5 Å². The van der Waals surface area contributed by atoms with Crippen molar-refractivity contribution in [2.75, 3.05) is 0 Å². The molecule has 1 nitrogen and oxygen atoms in total. The summed E-state index contributed by atoms with van der Waals surface area (Å²) < 4.78 is 0. The summed E-state index contributed by atoms with van der Waals surface area (Å²) in [6.45, 7) is 4.63. The number of carbonyl (C=O) groups is 1. The Morgan fingerprint density at radius 3 is 2.91 bits per heavy atom. The second-order valence-corrected chi connectivity index (χ2v) is 8.21. The maximum atomic E-state index is 12.1. The molecule has 4 rings (SSSR count). The zero-order valence-corrected chi connectivity index (χ0v) is 14.0. The maximum absolute atomic E-state index is 12.1. The van der Waals surface area contributed by atoms with Crippen LogP contribution >= 0.6 is 0 Å². The van der Waals surface area contributed by atoms with Crippen LogP contribution < -0.4 is 0 Å². The second-order valence-electron chi connectivity index (χ2n) is 8.21. The molecule has 0 aromatic heterocycles. The monoisotopic (exact) mass is 296 g/mol. The molecule has 0 aromatic carbocycles. The molecule has 0 radical (unpaired) electrons. The zero-order chi connectivity index (χ0) is 15.3. The van der Waals surface area contributed by atoms with Gasteiger partial charge in [-0.25, -0.2) is 0 Å². The summed E-state index contributed by atoms with van der Waals surface area (Å²) in [6.07, 6.45) is 16.5. The number of ketones is 1. The summed E-state index contributed by atoms with van der Waals surface area (Å²) in [6, 6.07) is 0. The lowest BCUT2D eigenvalue weighted by atomic mass is 9.57. The molecule has 1 heteroatoms. The van der Waals surface area contributed by atoms with Crippen molar-refractivity contribution < 1.29 is 4.79 Å². The Morgan fingerprint density at radius 1 is 1.23 bits per heavy atom. The molecule has 0 aromatic rings. The van der Waals surface area contributed by atoms with Crippen molar-refractivity contribution in [3.63, 3.8) is 0 Å². The van der Waals surface area contributed by atoms with Gasteiger partial charge in [0.2, 0.25) is 0 Å². The van der Waals surface area contributed by atoms with Crippen LogP contribution in [0.3, 0.4) is 0 Å². The third-order valence-electron chi connectivity index (χ3n) is 7.03. The Bertz CT molecular complexity index is 591. The average Bonchev–Trinajstić information content (AvgIpc) is 2.88. The second kappa shape index (κ2) is 5.22. The van der Waals surface area contributed by atoms with E-state index in [1.165, 1.54) is 44.1 Å². The van der Waals surface area contributed by atoms with Gasteiger partial charge in [-0.2, -0.15) is 0 Å². The van der Waals surface area contributed by atoms with Crippen molar-refractivity contribution in [1.82, 2.24) is 0 Å². The Morgan fingerprint density at radius 2 is 2.09 bits per heavy atom. The molecule has 0 heterocycles. The van der Waals surface area contributed by atoms with E-state index >= 15 is 0 Å². The molecule has 0 spiro atoms. The summed E-state index contributed by atoms with van der Waals surface area (Å²) in [4.78, 5) is 12.1. The molecular formula is C21H28O. The van der Waals surface area contributed by atoms with Crippen LogP contribution in [0.15, 0.2) is 34.9 Å². The van der Waals surface area contributed by atoms with Crippen LogP contribution in [0.1, 0.15) is 65.2 Å². The van der Waals surface area contributed by atoms with Crippen molar-refractivity contribution in [3.05, 3.63) is 34.9 Å². The minimum Gasteiger partial charge on any atom is -0.295 e. The fourth-order valence-electron chi connectivity index (χ4n) is 6.06. The van der Waals surface area contributed by atoms with E-state index < -0.39 is 0 Å². The van der Waals surface area contributed by atoms with E-state index in [1.54, 1.807) is 11.1 Å². The van der Waals surface area contributed by atoms with Gasteiger partial charge in [0.25, 0.3) is 0 Å². The van der Waals surface area contributed by atoms with E-state index in [2.05, 4.69) is 26.0 Å². The third-order valence-corrected chi connectivity index (χ3v) is 7.03. The first kappa shape index (κ1) is 14.5. The number of allylic oxidation sites excluding steroid dienone is 6. The summed E-state index contributed by atoms with van der Waals surface area (Å²) >= 11 is 0. The van der Waals surface area contributed by atoms with Crippen molar-refractivity contribution in [3.8, 4) is 0 Å². The fraction of sp³-hybridized carbons (Fsp3) is 0.667. The number of hydrogen-bond acceptors (Lipinski definition) is 1. The number of carbonyl (C=O) groups excluding carboxylic acids is 1. The minimum atomic E-state index is 0.336. The van der Waals surface area contributed by atoms with Gasteiger partial charge in [0.1, 0.15) is 0 Å². The molecule has 2 saturated carbocycles. The quantitative estimate of drug-likeness (QED) is 0.593. The largest absolute Gasteiger partial charge is 0.295 e. The standard InChI is InChI=1S/C21H28O/c1-3-5-14-12-16(22)13-15-7-8-17-18(20(14)15)9-11-21(2)10-4-6-19(17)21/h3,5,13-14,17,19H,4,6-12H2,1-2H3/b5-3-/t14?,17-,19+,21+/m1/s1. The summed E-state index contributed by atoms with van der Waals surface area (Å²) in [5.74, 6) is 2.42. The lowest BCUT2D eigenvalue weighted by Gasteiger charge is -2.48. The summed E-state index contributed by atoms with van der Waals surface area (Å²) in [5, 5.41) is 0. The molecule has 22 heavy (non-hydrogen) atoms. The van der Waals surface area contributed by atoms with Crippen molar-refractivity contribution in [2.24, 2.45) is 23.2 Å². The lowest BCUT2D eigenvalue weighted by Crippen LogP contribution is -2.37. The minimum absolute atomic E-state index is 0.336. The molecule has 1 unspecified atom stereocenters. The molecule has 0 saturated heterocycles. The Balaban J connectivity index is 1.79. The highest BCUT2D eigenvalue weighted by Crippen LogP contribution is 2.60. The molecule has 4 aliphatic rings. The van der Waals surface area contributed by atoms with Crippen LogP contribution in [0.4, 0.5) is 0 Å². The van der Waals surface area contributed by atoms with E-state index in [4.69, 9.17) is 0 Å². The highest BCUT2D eigenvalue weighted by Gasteiger charge is 2.49. The first-order chi connectivity index (χ1) is 10.6. The highest BCUT2D eigenvalue weighted by atomic mass is 16.1. The van der Waals surface area contributed by atoms with Gasteiger partial charge in [0.05, 0.1) is 0 Å². The van der Waals surface area contributed by atoms with Crippen LogP contribution in [0, 0.1) is 23.2 Å². The SMILES string of the molecule is C/C=C\C1CC(=O)C=C2CC[C@@H]3C(=C21)CC[C@]1(C)CCC[C@@H]31. The predicted molar refractivity (Wildman–Crippen MR) is 90.4 cm³/mol. The van der Waals surface area contributed by atoms with Crippen molar-refractivity contribution in [2.45, 2.75) is 65.2 Å². The molecule has 0 amide bonds. The molecule has 0 N–H and O–H groups in total. The summed E-state index contributed by atoms with van der Waals surface area (Å²) in [7, 11) is 0. The third kappa shape index (κ3) is 2.08. The maximum Gasteiger partial charge on any atom is 0.156 e. The first-order valence-electron chi connectivity index (χ1n) is 9.22. The predicted octanol–water partition coefficient (Wildman–Crippen LogP) is 5.38. The van der Waals surface area contributed by atoms with E-state index in [9.17, 15) is 4.79 Å². The molecule has 0 bridgehead atoms. The van der Waals surface area contributed by atoms with E-state index in [0.717, 1.165) is 18.3 Å². The van der Waals surface area contributed by atoms with Gasteiger partial charge in [0.15, 0.2) is 5.78 Å². The molecular weight excluding hydrogens is 268 g/mol. The van der Waals surface area contributed by atoms with Gasteiger partial charge in [-0.05, 0) is 79.9 Å². The van der Waals surface area contributed by atoms with Gasteiger partial charge < -0.3 is 0 Å². The average molecular weight is 296 g/mol. The van der Waals surface area contributed by atoms with Gasteiger partial charge in [-0.1, -0.05) is 31.1 Å². The van der Waals surface area contributed by atoms with Gasteiger partial charge in [0, 0.05) is 12.3 Å². The Kier molecular flexibility index (Phi) is 3.43. The smallest absolute Gasteiger partial charge is 0.156 e. The van der Waals surface area contributed by atoms with Crippen molar-refractivity contribution >= 4 is 5.78 Å². The van der Waals surface area contributed by atoms with Crippen molar-refractivity contribution in [1.29, 1.82) is 0 Å². The molecule has 4 atom stereocenters. The number of fused-ring (bicyclic) bond motifs is 4. The highest BCUT2D eigenvalue weighted by molar-refractivity contribution is 5.93. The summed E-state index contributed by atoms with van der Waals surface area (Å²) in [5.41, 5.74) is 5.32. The topological polar surface area (TPSA) is 17.1 Å². The van der Waals surface area contributed by atoms with Gasteiger partial charge in [-0.15, -0.1) is 0 Å². The fourth-order valence-corrected chi connectivity index (χ4v) is 6.06. The Hall–Kier alpha value is -1.11. The normalized spacial score (nSPS) is 41.3. The van der Waals surface area contributed by atoms with Crippen LogP contribution in [0.2, 0.25) is 0 Å². The number of hydrogen-bond donors (Lipinski definition) is 0. The molecule has 0 aliphatic heterocycles. The van der Waals surface area contributed by atoms with Gasteiger partial charge >= 0.3 is 0 Å². The van der Waals surface area contributed by atoms with Crippen LogP contribution in [-0.2, 0) is 4.79 Å². The Labute approximate surface area is 134 Å². The van der Waals surface area contributed by atoms with Crippen LogP contribution in [-0.4, -0.2) is 5.78 Å². The van der Waals surface area contributed by atoms with Crippen LogP contribution in [0.25, 0.3) is 0 Å². The molecule has 4 aliphatic carbocycles. The van der Waals surface area contributed by atoms with Gasteiger partial charge in [-0.3, -0.25) is 4.79 Å². The van der Waals surface area contributed by atoms with E-state index in [1.807, 2.05) is 6.08 Å². The number of rotatable bonds is 1. The lowest BCUT2D eigenvalue weighted by molar-refractivity contribution is -0.115. The molecule has 118 valence electrons. The zero-order valence-electron chi connectivity index (χ0n) is 14.0. The molecule has 2 fully saturated rings. The first-order valence-corrected chi connectivity index (χ1v) is 9.22. The van der Waals surface area contributed by atoms with E-state index in [-0.39, 0.29) is 0 Å². The van der Waals surface area contributed by atoms with Crippen LogP contribution in [0.5, 0.6) is 0 Å².